The largest absolute Gasteiger partial charge is 0.306 e. The molecule has 0 unspecified atom stereocenters. The summed E-state index contributed by atoms with van der Waals surface area (Å²) < 4.78 is 0. The summed E-state index contributed by atoms with van der Waals surface area (Å²) in [5, 5.41) is 0. The number of thiophene rings is 1. The van der Waals surface area contributed by atoms with Gasteiger partial charge in [-0.25, -0.2) is 4.98 Å². The van der Waals surface area contributed by atoms with Crippen LogP contribution in [0.4, 0.5) is 0 Å². The molecule has 4 rings (SSSR count). The van der Waals surface area contributed by atoms with Crippen LogP contribution in [-0.2, 0) is 19.5 Å². The molecule has 0 atom stereocenters. The number of rotatable bonds is 3. The lowest BCUT2D eigenvalue weighted by molar-refractivity contribution is 0.242. The third-order valence-corrected chi connectivity index (χ3v) is 5.82. The molecule has 4 heterocycles. The standard InChI is InChI=1S/C19H20N4OS/c1-12-8-15(25-13(12)2)10-23-7-5-16-17(11-23)21-18(22-19(16)24)14-4-3-6-20-9-14/h3-4,6,8-9H,5,7,10-11H2,1-2H3,(H,21,22,24). The second-order valence-electron chi connectivity index (χ2n) is 6.49. The minimum absolute atomic E-state index is 0.0219. The quantitative estimate of drug-likeness (QED) is 0.787. The molecule has 0 amide bonds. The predicted octanol–water partition coefficient (Wildman–Crippen LogP) is 3.07. The van der Waals surface area contributed by atoms with Crippen LogP contribution in [0.1, 0.15) is 26.6 Å². The van der Waals surface area contributed by atoms with Crippen LogP contribution in [0.5, 0.6) is 0 Å². The molecule has 25 heavy (non-hydrogen) atoms. The number of hydrogen-bond donors (Lipinski definition) is 1. The first-order chi connectivity index (χ1) is 12.1. The van der Waals surface area contributed by atoms with Crippen molar-refractivity contribution >= 4 is 11.3 Å². The molecular formula is C19H20N4OS. The molecule has 0 aliphatic carbocycles. The molecule has 128 valence electrons. The van der Waals surface area contributed by atoms with Gasteiger partial charge in [-0.1, -0.05) is 0 Å². The van der Waals surface area contributed by atoms with Gasteiger partial charge in [0, 0.05) is 52.9 Å². The van der Waals surface area contributed by atoms with Crippen molar-refractivity contribution in [2.45, 2.75) is 33.4 Å². The molecule has 1 aliphatic rings. The van der Waals surface area contributed by atoms with Crippen LogP contribution >= 0.6 is 11.3 Å². The Bertz CT molecular complexity index is 942. The average Bonchev–Trinajstić information content (AvgIpc) is 2.92. The lowest BCUT2D eigenvalue weighted by Crippen LogP contribution is -2.34. The molecule has 3 aromatic rings. The van der Waals surface area contributed by atoms with E-state index >= 15 is 0 Å². The molecule has 1 N–H and O–H groups in total. The van der Waals surface area contributed by atoms with E-state index in [0.717, 1.165) is 36.3 Å². The summed E-state index contributed by atoms with van der Waals surface area (Å²) in [7, 11) is 0. The third kappa shape index (κ3) is 3.27. The zero-order valence-corrected chi connectivity index (χ0v) is 15.2. The highest BCUT2D eigenvalue weighted by Crippen LogP contribution is 2.24. The molecule has 0 spiro atoms. The summed E-state index contributed by atoms with van der Waals surface area (Å²) in [6.45, 7) is 6.83. The second-order valence-corrected chi connectivity index (χ2v) is 7.83. The van der Waals surface area contributed by atoms with E-state index in [0.29, 0.717) is 12.4 Å². The fraction of sp³-hybridized carbons (Fsp3) is 0.316. The maximum absolute atomic E-state index is 12.4. The molecule has 0 saturated carbocycles. The van der Waals surface area contributed by atoms with E-state index in [1.54, 1.807) is 12.4 Å². The van der Waals surface area contributed by atoms with Gasteiger partial charge in [0.2, 0.25) is 0 Å². The minimum Gasteiger partial charge on any atom is -0.306 e. The van der Waals surface area contributed by atoms with E-state index in [1.165, 1.54) is 15.3 Å². The molecule has 5 nitrogen and oxygen atoms in total. The Labute approximate surface area is 150 Å². The SMILES string of the molecule is Cc1cc(CN2CCc3c(nc(-c4cccnc4)[nH]c3=O)C2)sc1C. The number of fused-ring (bicyclic) bond motifs is 1. The highest BCUT2D eigenvalue weighted by atomic mass is 32.1. The Morgan fingerprint density at radius 3 is 2.96 bits per heavy atom. The lowest BCUT2D eigenvalue weighted by atomic mass is 10.1. The molecule has 0 saturated heterocycles. The molecule has 0 aromatic carbocycles. The summed E-state index contributed by atoms with van der Waals surface area (Å²) in [6.07, 6.45) is 4.18. The van der Waals surface area contributed by atoms with Crippen LogP contribution in [0.25, 0.3) is 11.4 Å². The Balaban J connectivity index is 1.61. The van der Waals surface area contributed by atoms with Crippen molar-refractivity contribution in [3.63, 3.8) is 0 Å². The fourth-order valence-electron chi connectivity index (χ4n) is 3.22. The van der Waals surface area contributed by atoms with Crippen molar-refractivity contribution < 1.29 is 0 Å². The number of pyridine rings is 1. The van der Waals surface area contributed by atoms with Crippen LogP contribution in [0.3, 0.4) is 0 Å². The van der Waals surface area contributed by atoms with Crippen LogP contribution in [0.15, 0.2) is 35.4 Å². The predicted molar refractivity (Wildman–Crippen MR) is 99.7 cm³/mol. The second kappa shape index (κ2) is 6.54. The number of hydrogen-bond acceptors (Lipinski definition) is 5. The number of H-pyrrole nitrogens is 1. The van der Waals surface area contributed by atoms with Crippen molar-refractivity contribution in [2.24, 2.45) is 0 Å². The van der Waals surface area contributed by atoms with Gasteiger partial charge in [0.1, 0.15) is 5.82 Å². The maximum Gasteiger partial charge on any atom is 0.254 e. The average molecular weight is 352 g/mol. The Kier molecular flexibility index (Phi) is 4.23. The molecule has 0 fully saturated rings. The molecular weight excluding hydrogens is 332 g/mol. The van der Waals surface area contributed by atoms with E-state index in [2.05, 4.69) is 34.8 Å². The minimum atomic E-state index is -0.0219. The zero-order chi connectivity index (χ0) is 17.4. The summed E-state index contributed by atoms with van der Waals surface area (Å²) in [6, 6.07) is 6.03. The van der Waals surface area contributed by atoms with E-state index < -0.39 is 0 Å². The van der Waals surface area contributed by atoms with Crippen LogP contribution < -0.4 is 5.56 Å². The summed E-state index contributed by atoms with van der Waals surface area (Å²) >= 11 is 1.85. The van der Waals surface area contributed by atoms with Crippen molar-refractivity contribution in [1.29, 1.82) is 0 Å². The van der Waals surface area contributed by atoms with Gasteiger partial charge in [0.25, 0.3) is 5.56 Å². The number of aromatic amines is 1. The third-order valence-electron chi connectivity index (χ3n) is 4.68. The van der Waals surface area contributed by atoms with Crippen molar-refractivity contribution in [3.8, 4) is 11.4 Å². The van der Waals surface area contributed by atoms with Gasteiger partial charge in [0.05, 0.1) is 5.69 Å². The monoisotopic (exact) mass is 352 g/mol. The van der Waals surface area contributed by atoms with Gasteiger partial charge in [-0.05, 0) is 44.0 Å². The number of nitrogens with one attached hydrogen (secondary N) is 1. The molecule has 6 heteroatoms. The van der Waals surface area contributed by atoms with Gasteiger partial charge in [-0.3, -0.25) is 14.7 Å². The summed E-state index contributed by atoms with van der Waals surface area (Å²) in [5.41, 5.74) is 3.88. The number of nitrogens with zero attached hydrogens (tertiary/aromatic N) is 3. The smallest absolute Gasteiger partial charge is 0.254 e. The lowest BCUT2D eigenvalue weighted by Gasteiger charge is -2.27. The summed E-state index contributed by atoms with van der Waals surface area (Å²) in [4.78, 5) is 29.3. The molecule has 3 aromatic heterocycles. The zero-order valence-electron chi connectivity index (χ0n) is 14.4. The molecule has 0 radical (unpaired) electrons. The first kappa shape index (κ1) is 16.2. The van der Waals surface area contributed by atoms with Gasteiger partial charge in [0.15, 0.2) is 0 Å². The van der Waals surface area contributed by atoms with Crippen LogP contribution in [0, 0.1) is 13.8 Å². The van der Waals surface area contributed by atoms with E-state index in [-0.39, 0.29) is 5.56 Å². The first-order valence-electron chi connectivity index (χ1n) is 8.41. The highest BCUT2D eigenvalue weighted by molar-refractivity contribution is 7.12. The van der Waals surface area contributed by atoms with Gasteiger partial charge in [-0.15, -0.1) is 11.3 Å². The Morgan fingerprint density at radius 2 is 2.24 bits per heavy atom. The highest BCUT2D eigenvalue weighted by Gasteiger charge is 2.22. The summed E-state index contributed by atoms with van der Waals surface area (Å²) in [5.74, 6) is 0.599. The normalized spacial score (nSPS) is 14.5. The Hall–Kier alpha value is -2.31. The molecule has 0 bridgehead atoms. The number of aryl methyl sites for hydroxylation is 2. The van der Waals surface area contributed by atoms with Crippen molar-refractivity contribution in [1.82, 2.24) is 19.9 Å². The fourth-order valence-corrected chi connectivity index (χ4v) is 4.31. The van der Waals surface area contributed by atoms with Crippen LogP contribution in [-0.4, -0.2) is 26.4 Å². The van der Waals surface area contributed by atoms with E-state index in [4.69, 9.17) is 4.98 Å². The van der Waals surface area contributed by atoms with Crippen molar-refractivity contribution in [2.75, 3.05) is 6.54 Å². The maximum atomic E-state index is 12.4. The number of aromatic nitrogens is 3. The Morgan fingerprint density at radius 1 is 1.36 bits per heavy atom. The van der Waals surface area contributed by atoms with E-state index in [9.17, 15) is 4.79 Å². The first-order valence-corrected chi connectivity index (χ1v) is 9.22. The molecule has 1 aliphatic heterocycles. The van der Waals surface area contributed by atoms with Gasteiger partial charge in [-0.2, -0.15) is 0 Å². The van der Waals surface area contributed by atoms with Crippen molar-refractivity contribution in [3.05, 3.63) is 67.5 Å². The van der Waals surface area contributed by atoms with Gasteiger partial charge >= 0.3 is 0 Å². The van der Waals surface area contributed by atoms with E-state index in [1.807, 2.05) is 23.5 Å². The topological polar surface area (TPSA) is 61.9 Å². The van der Waals surface area contributed by atoms with Crippen LogP contribution in [0.2, 0.25) is 0 Å². The van der Waals surface area contributed by atoms with Gasteiger partial charge < -0.3 is 4.98 Å².